The van der Waals surface area contributed by atoms with Gasteiger partial charge in [0.2, 0.25) is 5.91 Å². The van der Waals surface area contributed by atoms with Crippen molar-refractivity contribution in [2.75, 3.05) is 61.6 Å². The highest BCUT2D eigenvalue weighted by Crippen LogP contribution is 2.39. The Bertz CT molecular complexity index is 1290. The summed E-state index contributed by atoms with van der Waals surface area (Å²) in [5, 5.41) is 7.78. The quantitative estimate of drug-likeness (QED) is 0.354. The number of carbonyl (C=O) groups is 1. The van der Waals surface area contributed by atoms with Gasteiger partial charge in [-0.25, -0.2) is 19.4 Å². The number of nitrogens with zero attached hydrogens (tertiary/aromatic N) is 4. The Morgan fingerprint density at radius 3 is 2.84 bits per heavy atom. The number of anilines is 5. The van der Waals surface area contributed by atoms with Crippen molar-refractivity contribution in [2.45, 2.75) is 12.5 Å². The van der Waals surface area contributed by atoms with Gasteiger partial charge in [-0.2, -0.15) is 0 Å². The van der Waals surface area contributed by atoms with Crippen LogP contribution < -0.4 is 25.3 Å². The van der Waals surface area contributed by atoms with Gasteiger partial charge in [0.05, 0.1) is 43.4 Å². The van der Waals surface area contributed by atoms with Crippen LogP contribution >= 0.6 is 0 Å². The molecule has 2 aromatic carbocycles. The molecule has 0 spiro atoms. The molecule has 10 nitrogen and oxygen atoms in total. The van der Waals surface area contributed by atoms with Crippen molar-refractivity contribution >= 4 is 34.6 Å². The normalized spacial score (nSPS) is 14.7. The minimum absolute atomic E-state index is 0.189. The van der Waals surface area contributed by atoms with E-state index in [2.05, 4.69) is 27.2 Å². The Kier molecular flexibility index (Phi) is 8.72. The molecule has 1 amide bonds. The summed E-state index contributed by atoms with van der Waals surface area (Å²) in [6, 6.07) is 11.6. The zero-order valence-electron chi connectivity index (χ0n) is 21.6. The predicted molar refractivity (Wildman–Crippen MR) is 144 cm³/mol. The largest absolute Gasteiger partial charge is 0.494 e. The topological polar surface area (TPSA) is 101 Å². The Morgan fingerprint density at radius 2 is 2.11 bits per heavy atom. The van der Waals surface area contributed by atoms with Crippen LogP contribution in [0.3, 0.4) is 0 Å². The number of amides is 1. The molecule has 4 rings (SSSR count). The number of ether oxygens (including phenoxy) is 2. The minimum Gasteiger partial charge on any atom is -0.494 e. The fourth-order valence-corrected chi connectivity index (χ4v) is 4.17. The number of nitrogens with one attached hydrogen (secondary N) is 2. The Hall–Kier alpha value is -4.22. The lowest BCUT2D eigenvalue weighted by Gasteiger charge is -2.25. The molecule has 0 bridgehead atoms. The third kappa shape index (κ3) is 6.18. The van der Waals surface area contributed by atoms with E-state index < -0.39 is 0 Å². The van der Waals surface area contributed by atoms with Crippen molar-refractivity contribution in [3.63, 3.8) is 0 Å². The van der Waals surface area contributed by atoms with Crippen molar-refractivity contribution in [1.29, 1.82) is 0 Å². The second kappa shape index (κ2) is 12.3. The van der Waals surface area contributed by atoms with E-state index in [9.17, 15) is 9.18 Å². The van der Waals surface area contributed by atoms with Gasteiger partial charge in [-0.3, -0.25) is 9.63 Å². The SMILES string of the molecule is C=CC(=O)Nc1cc(Nc2cc(N3OCC[C@@H]3c3cccc(F)c3)ncn2)c(OC)cc1N(C)CCOC. The van der Waals surface area contributed by atoms with E-state index in [0.717, 1.165) is 11.3 Å². The fourth-order valence-electron chi connectivity index (χ4n) is 4.17. The number of methoxy groups -OCH3 is 2. The van der Waals surface area contributed by atoms with Crippen molar-refractivity contribution in [1.82, 2.24) is 9.97 Å². The summed E-state index contributed by atoms with van der Waals surface area (Å²) in [6.45, 7) is 5.13. The van der Waals surface area contributed by atoms with Crippen LogP contribution in [0.15, 0.2) is 61.4 Å². The maximum Gasteiger partial charge on any atom is 0.247 e. The Morgan fingerprint density at radius 1 is 1.26 bits per heavy atom. The van der Waals surface area contributed by atoms with Gasteiger partial charge in [-0.05, 0) is 29.8 Å². The number of aromatic nitrogens is 2. The van der Waals surface area contributed by atoms with Gasteiger partial charge in [0.25, 0.3) is 0 Å². The molecule has 0 saturated carbocycles. The van der Waals surface area contributed by atoms with Crippen molar-refractivity contribution in [3.8, 4) is 5.75 Å². The molecular formula is C27H31FN6O4. The third-order valence-corrected chi connectivity index (χ3v) is 6.08. The van der Waals surface area contributed by atoms with E-state index in [1.165, 1.54) is 24.5 Å². The first kappa shape index (κ1) is 26.8. The first-order valence-corrected chi connectivity index (χ1v) is 12.1. The Labute approximate surface area is 221 Å². The standard InChI is InChI=1S/C27H31FN6O4/c1-5-27(35)32-20-14-21(24(37-4)15-23(20)33(2)10-12-36-3)31-25-16-26(30-17-29-25)34-22(9-11-38-34)18-7-6-8-19(28)13-18/h5-8,13-17,22H,1,9-12H2,2-4H3,(H,32,35)(H,29,30,31)/t22-/m1/s1. The van der Waals surface area contributed by atoms with Crippen molar-refractivity contribution < 1.29 is 23.5 Å². The average molecular weight is 523 g/mol. The van der Waals surface area contributed by atoms with Gasteiger partial charge in [0.15, 0.2) is 5.82 Å². The summed E-state index contributed by atoms with van der Waals surface area (Å²) >= 11 is 0. The molecule has 38 heavy (non-hydrogen) atoms. The van der Waals surface area contributed by atoms with E-state index in [1.807, 2.05) is 24.1 Å². The first-order valence-electron chi connectivity index (χ1n) is 12.1. The lowest BCUT2D eigenvalue weighted by molar-refractivity contribution is -0.111. The lowest BCUT2D eigenvalue weighted by atomic mass is 10.0. The fraction of sp³-hybridized carbons (Fsp3) is 0.296. The number of halogens is 1. The highest BCUT2D eigenvalue weighted by atomic mass is 19.1. The van der Waals surface area contributed by atoms with Crippen LogP contribution in [0.5, 0.6) is 5.75 Å². The van der Waals surface area contributed by atoms with Crippen LogP contribution in [0.25, 0.3) is 0 Å². The van der Waals surface area contributed by atoms with Crippen LogP contribution in [0, 0.1) is 5.82 Å². The summed E-state index contributed by atoms with van der Waals surface area (Å²) in [4.78, 5) is 28.7. The molecule has 1 fully saturated rings. The maximum atomic E-state index is 13.9. The highest BCUT2D eigenvalue weighted by Gasteiger charge is 2.29. The molecule has 1 aliphatic rings. The third-order valence-electron chi connectivity index (χ3n) is 6.08. The molecule has 200 valence electrons. The smallest absolute Gasteiger partial charge is 0.247 e. The molecule has 2 N–H and O–H groups in total. The molecular weight excluding hydrogens is 491 g/mol. The van der Waals surface area contributed by atoms with E-state index in [1.54, 1.807) is 37.5 Å². The zero-order chi connectivity index (χ0) is 27.1. The molecule has 0 aliphatic carbocycles. The van der Waals surface area contributed by atoms with E-state index >= 15 is 0 Å². The molecule has 1 aliphatic heterocycles. The minimum atomic E-state index is -0.346. The van der Waals surface area contributed by atoms with Gasteiger partial charge in [-0.1, -0.05) is 18.7 Å². The summed E-state index contributed by atoms with van der Waals surface area (Å²) in [7, 11) is 5.09. The van der Waals surface area contributed by atoms with E-state index in [4.69, 9.17) is 14.3 Å². The number of hydrogen-bond acceptors (Lipinski definition) is 9. The summed E-state index contributed by atoms with van der Waals surface area (Å²) < 4.78 is 24.7. The second-order valence-corrected chi connectivity index (χ2v) is 8.58. The van der Waals surface area contributed by atoms with E-state index in [0.29, 0.717) is 54.9 Å². The summed E-state index contributed by atoms with van der Waals surface area (Å²) in [6.07, 6.45) is 3.31. The van der Waals surface area contributed by atoms with Gasteiger partial charge in [0.1, 0.15) is 23.7 Å². The number of benzene rings is 2. The van der Waals surface area contributed by atoms with E-state index in [-0.39, 0.29) is 17.8 Å². The van der Waals surface area contributed by atoms with Crippen LogP contribution in [-0.2, 0) is 14.4 Å². The monoisotopic (exact) mass is 522 g/mol. The van der Waals surface area contributed by atoms with Crippen molar-refractivity contribution in [3.05, 3.63) is 72.8 Å². The zero-order valence-corrected chi connectivity index (χ0v) is 21.6. The summed E-state index contributed by atoms with van der Waals surface area (Å²) in [5.41, 5.74) is 2.67. The molecule has 1 atom stereocenters. The van der Waals surface area contributed by atoms with Gasteiger partial charge in [0, 0.05) is 39.3 Å². The van der Waals surface area contributed by atoms with Crippen molar-refractivity contribution in [2.24, 2.45) is 0 Å². The number of carbonyl (C=O) groups excluding carboxylic acids is 1. The molecule has 1 aromatic heterocycles. The lowest BCUT2D eigenvalue weighted by Crippen LogP contribution is -2.24. The van der Waals surface area contributed by atoms with Crippen LogP contribution in [0.1, 0.15) is 18.0 Å². The predicted octanol–water partition coefficient (Wildman–Crippen LogP) is 4.46. The second-order valence-electron chi connectivity index (χ2n) is 8.58. The Balaban J connectivity index is 1.64. The number of hydroxylamine groups is 1. The number of likely N-dealkylation sites (N-methyl/N-ethyl adjacent to an activating group) is 1. The molecule has 3 aromatic rings. The van der Waals surface area contributed by atoms with Gasteiger partial charge in [-0.15, -0.1) is 0 Å². The molecule has 0 unspecified atom stereocenters. The molecule has 11 heteroatoms. The average Bonchev–Trinajstić information content (AvgIpc) is 3.42. The first-order chi connectivity index (χ1) is 18.4. The molecule has 0 radical (unpaired) electrons. The number of rotatable bonds is 11. The highest BCUT2D eigenvalue weighted by molar-refractivity contribution is 6.02. The molecule has 2 heterocycles. The van der Waals surface area contributed by atoms with Crippen LogP contribution in [-0.4, -0.2) is 56.9 Å². The maximum absolute atomic E-state index is 13.9. The van der Waals surface area contributed by atoms with Gasteiger partial charge >= 0.3 is 0 Å². The molecule has 1 saturated heterocycles. The van der Waals surface area contributed by atoms with Gasteiger partial charge < -0.3 is 25.0 Å². The number of hydrogen-bond donors (Lipinski definition) is 2. The van der Waals surface area contributed by atoms with Crippen LogP contribution in [0.2, 0.25) is 0 Å². The summed E-state index contributed by atoms with van der Waals surface area (Å²) in [5.74, 6) is 0.882. The van der Waals surface area contributed by atoms with Crippen LogP contribution in [0.4, 0.5) is 33.1 Å².